The first-order valence-electron chi connectivity index (χ1n) is 10.3. The molecule has 184 valence electrons. The second kappa shape index (κ2) is 14.3. The van der Waals surface area contributed by atoms with E-state index in [9.17, 15) is 28.8 Å². The normalized spacial score (nSPS) is 16.6. The molecule has 2 rings (SSSR count). The smallest absolute Gasteiger partial charge is 0.388 e. The van der Waals surface area contributed by atoms with Gasteiger partial charge in [-0.05, 0) is 32.1 Å². The van der Waals surface area contributed by atoms with E-state index in [4.69, 9.17) is 13.6 Å². The van der Waals surface area contributed by atoms with Gasteiger partial charge < -0.3 is 28.4 Å². The molecule has 1 atom stereocenters. The lowest BCUT2D eigenvalue weighted by molar-refractivity contribution is -0.155. The highest BCUT2D eigenvalue weighted by Crippen LogP contribution is 2.47. The third-order valence-corrected chi connectivity index (χ3v) is 5.66. The molecule has 12 nitrogen and oxygen atoms in total. The number of hydrogen-bond acceptors (Lipinski definition) is 10. The number of hydrogen-bond donors (Lipinski definition) is 1. The van der Waals surface area contributed by atoms with Crippen LogP contribution in [-0.4, -0.2) is 68.3 Å². The molecule has 13 heteroatoms. The van der Waals surface area contributed by atoms with Gasteiger partial charge in [0.15, 0.2) is 0 Å². The molecule has 0 spiro atoms. The lowest BCUT2D eigenvalue weighted by Gasteiger charge is -2.33. The summed E-state index contributed by atoms with van der Waals surface area (Å²) in [6.45, 7) is 1.57. The highest BCUT2D eigenvalue weighted by molar-refractivity contribution is 7.43. The second-order valence-corrected chi connectivity index (χ2v) is 8.24. The SMILES string of the molecule is CC(=O)O[P@@](OC(=O)NCCCCCN1C(=O)C=CC1=O)OC(=O)C1(C=O)CCC1.COC. The Morgan fingerprint density at radius 2 is 1.67 bits per heavy atom. The zero-order chi connectivity index (χ0) is 24.9. The van der Waals surface area contributed by atoms with Gasteiger partial charge >= 0.3 is 26.6 Å². The van der Waals surface area contributed by atoms with Crippen molar-refractivity contribution in [2.45, 2.75) is 45.4 Å². The topological polar surface area (TPSA) is 155 Å². The molecule has 0 bridgehead atoms. The summed E-state index contributed by atoms with van der Waals surface area (Å²) in [6.07, 6.45) is 5.08. The summed E-state index contributed by atoms with van der Waals surface area (Å²) in [4.78, 5) is 70.3. The Kier molecular flexibility index (Phi) is 12.2. The zero-order valence-corrected chi connectivity index (χ0v) is 19.8. The van der Waals surface area contributed by atoms with Crippen molar-refractivity contribution >= 4 is 44.7 Å². The Morgan fingerprint density at radius 3 is 2.15 bits per heavy atom. The minimum atomic E-state index is -2.62. The molecule has 0 aromatic heterocycles. The number of methoxy groups -OCH3 is 1. The van der Waals surface area contributed by atoms with Crippen molar-refractivity contribution in [1.29, 1.82) is 0 Å². The molecule has 1 N–H and O–H groups in total. The number of unbranched alkanes of at least 4 members (excludes halogenated alkanes) is 2. The number of carbonyl (C=O) groups is 6. The van der Waals surface area contributed by atoms with Gasteiger partial charge in [0.05, 0.1) is 0 Å². The quantitative estimate of drug-likeness (QED) is 0.150. The van der Waals surface area contributed by atoms with Crippen LogP contribution in [0.1, 0.15) is 45.4 Å². The van der Waals surface area contributed by atoms with Crippen LogP contribution in [0.15, 0.2) is 12.2 Å². The summed E-state index contributed by atoms with van der Waals surface area (Å²) in [7, 11) is 0.627. The number of nitrogens with one attached hydrogen (secondary N) is 1. The summed E-state index contributed by atoms with van der Waals surface area (Å²) >= 11 is 0. The summed E-state index contributed by atoms with van der Waals surface area (Å²) in [5.41, 5.74) is -1.27. The Hall–Kier alpha value is -2.85. The van der Waals surface area contributed by atoms with Gasteiger partial charge in [-0.3, -0.25) is 24.1 Å². The number of rotatable bonds is 11. The Morgan fingerprint density at radius 1 is 1.06 bits per heavy atom. The molecule has 33 heavy (non-hydrogen) atoms. The largest absolute Gasteiger partial charge is 0.538 e. The van der Waals surface area contributed by atoms with E-state index in [0.29, 0.717) is 51.4 Å². The molecular weight excluding hydrogens is 459 g/mol. The molecule has 2 aliphatic rings. The Labute approximate surface area is 192 Å². The van der Waals surface area contributed by atoms with Crippen molar-refractivity contribution in [3.63, 3.8) is 0 Å². The van der Waals surface area contributed by atoms with Crippen LogP contribution in [0.25, 0.3) is 0 Å². The fourth-order valence-corrected chi connectivity index (χ4v) is 3.60. The molecule has 0 radical (unpaired) electrons. The van der Waals surface area contributed by atoms with Crippen LogP contribution in [-0.2, 0) is 42.3 Å². The molecule has 0 unspecified atom stereocenters. The first-order chi connectivity index (χ1) is 15.7. The van der Waals surface area contributed by atoms with Gasteiger partial charge in [0.25, 0.3) is 11.8 Å². The first-order valence-corrected chi connectivity index (χ1v) is 11.4. The van der Waals surface area contributed by atoms with Crippen molar-refractivity contribution < 1.29 is 47.1 Å². The minimum absolute atomic E-state index is 0.217. The third-order valence-electron chi connectivity index (χ3n) is 4.62. The van der Waals surface area contributed by atoms with Crippen molar-refractivity contribution in [2.75, 3.05) is 27.3 Å². The summed E-state index contributed by atoms with van der Waals surface area (Å²) < 4.78 is 18.8. The van der Waals surface area contributed by atoms with E-state index in [1.165, 1.54) is 12.2 Å². The van der Waals surface area contributed by atoms with Gasteiger partial charge in [0, 0.05) is 46.4 Å². The van der Waals surface area contributed by atoms with E-state index in [1.54, 1.807) is 14.2 Å². The predicted molar refractivity (Wildman–Crippen MR) is 114 cm³/mol. The van der Waals surface area contributed by atoms with Gasteiger partial charge in [0.2, 0.25) is 0 Å². The van der Waals surface area contributed by atoms with Crippen LogP contribution in [0.4, 0.5) is 4.79 Å². The lowest BCUT2D eigenvalue weighted by atomic mass is 9.70. The second-order valence-electron chi connectivity index (χ2n) is 7.25. The predicted octanol–water partition coefficient (Wildman–Crippen LogP) is 1.77. The average molecular weight is 488 g/mol. The van der Waals surface area contributed by atoms with E-state index in [-0.39, 0.29) is 18.4 Å². The highest BCUT2D eigenvalue weighted by Gasteiger charge is 2.48. The van der Waals surface area contributed by atoms with E-state index in [0.717, 1.165) is 11.8 Å². The molecule has 1 aliphatic carbocycles. The van der Waals surface area contributed by atoms with Crippen molar-refractivity contribution in [1.82, 2.24) is 10.2 Å². The fraction of sp³-hybridized carbons (Fsp3) is 0.600. The number of ether oxygens (including phenoxy) is 1. The summed E-state index contributed by atoms with van der Waals surface area (Å²) in [5, 5.41) is 2.43. The average Bonchev–Trinajstić information content (AvgIpc) is 3.02. The molecule has 0 saturated heterocycles. The zero-order valence-electron chi connectivity index (χ0n) is 18.9. The van der Waals surface area contributed by atoms with Gasteiger partial charge in [0.1, 0.15) is 11.7 Å². The van der Waals surface area contributed by atoms with Crippen molar-refractivity contribution in [3.05, 3.63) is 12.2 Å². The Balaban J connectivity index is 0.00000172. The number of aldehydes is 1. The van der Waals surface area contributed by atoms with Gasteiger partial charge in [-0.25, -0.2) is 4.79 Å². The number of imide groups is 1. The van der Waals surface area contributed by atoms with Gasteiger partial charge in [-0.1, -0.05) is 6.42 Å². The number of amides is 3. The van der Waals surface area contributed by atoms with Crippen LogP contribution in [0, 0.1) is 5.41 Å². The maximum Gasteiger partial charge on any atom is 0.538 e. The molecular formula is C20H29N2O10P. The van der Waals surface area contributed by atoms with Crippen LogP contribution >= 0.6 is 8.60 Å². The van der Waals surface area contributed by atoms with E-state index >= 15 is 0 Å². The monoisotopic (exact) mass is 488 g/mol. The molecule has 1 saturated carbocycles. The van der Waals surface area contributed by atoms with Crippen LogP contribution in [0.5, 0.6) is 0 Å². The maximum absolute atomic E-state index is 12.1. The van der Waals surface area contributed by atoms with Crippen molar-refractivity contribution in [3.8, 4) is 0 Å². The van der Waals surface area contributed by atoms with Crippen LogP contribution < -0.4 is 5.32 Å². The molecule has 0 aromatic carbocycles. The van der Waals surface area contributed by atoms with Crippen molar-refractivity contribution in [2.24, 2.45) is 5.41 Å². The maximum atomic E-state index is 12.1. The molecule has 1 heterocycles. The van der Waals surface area contributed by atoms with E-state index < -0.39 is 32.0 Å². The summed E-state index contributed by atoms with van der Waals surface area (Å²) in [6, 6.07) is 0. The molecule has 0 aromatic rings. The van der Waals surface area contributed by atoms with E-state index in [2.05, 4.69) is 10.1 Å². The van der Waals surface area contributed by atoms with Crippen LogP contribution in [0.2, 0.25) is 0 Å². The first kappa shape index (κ1) is 28.2. The van der Waals surface area contributed by atoms with E-state index in [1.807, 2.05) is 0 Å². The molecule has 1 aliphatic heterocycles. The third kappa shape index (κ3) is 9.27. The standard InChI is InChI=1S/C18H23N2O9P.C2H6O/c1-13(22)27-30(28-16(25)18(12-21)8-5-9-18)29-17(26)19-10-3-2-4-11-20-14(23)6-7-15(20)24;1-3-2/h6-7,12H,2-5,8-11H2,1H3,(H,19,26);1-2H3/t30-;/m1./s1. The minimum Gasteiger partial charge on any atom is -0.388 e. The Bertz CT molecular complexity index is 748. The summed E-state index contributed by atoms with van der Waals surface area (Å²) in [5.74, 6) is -2.37. The fourth-order valence-electron chi connectivity index (χ4n) is 2.76. The highest BCUT2D eigenvalue weighted by atomic mass is 31.2. The number of nitrogens with zero attached hydrogens (tertiary/aromatic N) is 1. The number of carbonyl (C=O) groups excluding carboxylic acids is 6. The van der Waals surface area contributed by atoms with Gasteiger partial charge in [-0.2, -0.15) is 0 Å². The molecule has 1 fully saturated rings. The molecule has 3 amide bonds. The van der Waals surface area contributed by atoms with Crippen LogP contribution in [0.3, 0.4) is 0 Å². The van der Waals surface area contributed by atoms with Gasteiger partial charge in [-0.15, -0.1) is 0 Å². The lowest BCUT2D eigenvalue weighted by Crippen LogP contribution is -2.40.